The van der Waals surface area contributed by atoms with Crippen LogP contribution in [0.25, 0.3) is 0 Å². The maximum Gasteiger partial charge on any atom is 0.325 e. The highest BCUT2D eigenvalue weighted by Crippen LogP contribution is 2.38. The molecule has 2 atom stereocenters. The first-order chi connectivity index (χ1) is 14.0. The highest BCUT2D eigenvalue weighted by Gasteiger charge is 2.55. The van der Waals surface area contributed by atoms with Crippen molar-refractivity contribution in [2.24, 2.45) is 5.92 Å². The zero-order valence-corrected chi connectivity index (χ0v) is 17.0. The molecule has 0 unspecified atom stereocenters. The fourth-order valence-corrected chi connectivity index (χ4v) is 4.78. The van der Waals surface area contributed by atoms with Gasteiger partial charge in [-0.1, -0.05) is 19.8 Å². The Hall–Kier alpha value is -2.48. The van der Waals surface area contributed by atoms with Crippen LogP contribution in [0.15, 0.2) is 24.5 Å². The van der Waals surface area contributed by atoms with Crippen molar-refractivity contribution in [3.63, 3.8) is 0 Å². The Bertz CT molecular complexity index is 778. The fourth-order valence-electron chi connectivity index (χ4n) is 4.78. The second-order valence-electron chi connectivity index (χ2n) is 8.45. The summed E-state index contributed by atoms with van der Waals surface area (Å²) < 4.78 is 0. The number of rotatable bonds is 4. The second-order valence-corrected chi connectivity index (χ2v) is 8.45. The van der Waals surface area contributed by atoms with Crippen LogP contribution < -0.4 is 5.32 Å². The average Bonchev–Trinajstić information content (AvgIpc) is 2.96. The number of nitrogens with zero attached hydrogens (tertiary/aromatic N) is 4. The van der Waals surface area contributed by atoms with E-state index in [0.29, 0.717) is 19.5 Å². The molecule has 3 heterocycles. The number of carbonyl (C=O) groups excluding carboxylic acids is 3. The van der Waals surface area contributed by atoms with Crippen LogP contribution in [0.2, 0.25) is 0 Å². The molecule has 1 N–H and O–H groups in total. The topological polar surface area (TPSA) is 85.8 Å². The molecule has 3 aliphatic rings. The third kappa shape index (κ3) is 3.85. The maximum atomic E-state index is 13.0. The molecule has 8 heteroatoms. The van der Waals surface area contributed by atoms with Gasteiger partial charge in [-0.05, 0) is 36.5 Å². The van der Waals surface area contributed by atoms with E-state index in [9.17, 15) is 14.4 Å². The van der Waals surface area contributed by atoms with E-state index >= 15 is 0 Å². The highest BCUT2D eigenvalue weighted by atomic mass is 16.2. The summed E-state index contributed by atoms with van der Waals surface area (Å²) in [6.45, 7) is 5.45. The summed E-state index contributed by atoms with van der Waals surface area (Å²) in [6, 6.07) is 3.57. The zero-order valence-electron chi connectivity index (χ0n) is 17.0. The lowest BCUT2D eigenvalue weighted by Gasteiger charge is -2.37. The van der Waals surface area contributed by atoms with Crippen LogP contribution in [-0.4, -0.2) is 75.8 Å². The van der Waals surface area contributed by atoms with Gasteiger partial charge < -0.3 is 10.2 Å². The molecule has 1 aromatic rings. The molecule has 1 spiro atoms. The highest BCUT2D eigenvalue weighted by molar-refractivity contribution is 6.09. The fraction of sp³-hybridized carbons (Fsp3) is 0.619. The minimum Gasteiger partial charge on any atom is -0.339 e. The van der Waals surface area contributed by atoms with Crippen molar-refractivity contribution < 1.29 is 14.4 Å². The summed E-state index contributed by atoms with van der Waals surface area (Å²) in [7, 11) is 0. The van der Waals surface area contributed by atoms with Crippen LogP contribution >= 0.6 is 0 Å². The molecule has 3 fully saturated rings. The Morgan fingerprint density at radius 1 is 1.17 bits per heavy atom. The number of hydrogen-bond acceptors (Lipinski definition) is 5. The molecule has 156 valence electrons. The molecular formula is C21H29N5O3. The predicted octanol–water partition coefficient (Wildman–Crippen LogP) is 1.23. The lowest BCUT2D eigenvalue weighted by atomic mass is 9.73. The molecular weight excluding hydrogens is 370 g/mol. The third-order valence-electron chi connectivity index (χ3n) is 6.68. The smallest absolute Gasteiger partial charge is 0.325 e. The lowest BCUT2D eigenvalue weighted by molar-refractivity contribution is -0.141. The van der Waals surface area contributed by atoms with Crippen LogP contribution in [0.5, 0.6) is 0 Å². The summed E-state index contributed by atoms with van der Waals surface area (Å²) in [5.41, 5.74) is 0.393. The quantitative estimate of drug-likeness (QED) is 0.770. The first kappa shape index (κ1) is 19.8. The molecule has 2 aliphatic heterocycles. The van der Waals surface area contributed by atoms with Gasteiger partial charge in [-0.15, -0.1) is 0 Å². The average molecular weight is 399 g/mol. The summed E-state index contributed by atoms with van der Waals surface area (Å²) in [5.74, 6) is -0.276. The molecule has 1 aliphatic carbocycles. The van der Waals surface area contributed by atoms with E-state index in [1.165, 1.54) is 5.56 Å². The van der Waals surface area contributed by atoms with Crippen molar-refractivity contribution in [1.29, 1.82) is 0 Å². The van der Waals surface area contributed by atoms with Gasteiger partial charge in [0, 0.05) is 45.1 Å². The van der Waals surface area contributed by atoms with Crippen LogP contribution in [0.3, 0.4) is 0 Å². The van der Waals surface area contributed by atoms with E-state index in [4.69, 9.17) is 0 Å². The predicted molar refractivity (Wildman–Crippen MR) is 107 cm³/mol. The van der Waals surface area contributed by atoms with Crippen LogP contribution in [-0.2, 0) is 16.1 Å². The van der Waals surface area contributed by atoms with Crippen molar-refractivity contribution in [2.45, 2.75) is 44.7 Å². The SMILES string of the molecule is C[C@H]1CCCC[C@@]12NC(=O)N(CC(=O)N1CCN(Cc3ccncc3)CC1)C2=O. The molecule has 2 saturated heterocycles. The van der Waals surface area contributed by atoms with Crippen LogP contribution in [0, 0.1) is 5.92 Å². The first-order valence-corrected chi connectivity index (χ1v) is 10.5. The van der Waals surface area contributed by atoms with E-state index in [2.05, 4.69) is 15.2 Å². The second kappa shape index (κ2) is 8.10. The lowest BCUT2D eigenvalue weighted by Crippen LogP contribution is -2.54. The summed E-state index contributed by atoms with van der Waals surface area (Å²) in [6.07, 6.45) is 7.16. The molecule has 4 rings (SSSR count). The number of piperazine rings is 1. The summed E-state index contributed by atoms with van der Waals surface area (Å²) in [5, 5.41) is 2.91. The van der Waals surface area contributed by atoms with Gasteiger partial charge in [0.25, 0.3) is 5.91 Å². The van der Waals surface area contributed by atoms with E-state index in [-0.39, 0.29) is 24.3 Å². The zero-order chi connectivity index (χ0) is 20.4. The normalized spacial score (nSPS) is 28.1. The van der Waals surface area contributed by atoms with Crippen LogP contribution in [0.1, 0.15) is 38.2 Å². The first-order valence-electron chi connectivity index (χ1n) is 10.5. The summed E-state index contributed by atoms with van der Waals surface area (Å²) in [4.78, 5) is 47.5. The van der Waals surface area contributed by atoms with Crippen molar-refractivity contribution in [3.8, 4) is 0 Å². The molecule has 29 heavy (non-hydrogen) atoms. The van der Waals surface area contributed by atoms with Gasteiger partial charge in [0.15, 0.2) is 0 Å². The van der Waals surface area contributed by atoms with E-state index in [1.54, 1.807) is 17.3 Å². The molecule has 1 saturated carbocycles. The minimum atomic E-state index is -0.807. The Kier molecular flexibility index (Phi) is 5.54. The van der Waals surface area contributed by atoms with Gasteiger partial charge >= 0.3 is 6.03 Å². The maximum absolute atomic E-state index is 13.0. The number of urea groups is 1. The van der Waals surface area contributed by atoms with Crippen LogP contribution in [0.4, 0.5) is 4.79 Å². The molecule has 0 bridgehead atoms. The number of imide groups is 1. The number of hydrogen-bond donors (Lipinski definition) is 1. The number of amides is 4. The Morgan fingerprint density at radius 3 is 2.59 bits per heavy atom. The molecule has 4 amide bonds. The van der Waals surface area contributed by atoms with Gasteiger partial charge in [-0.2, -0.15) is 0 Å². The van der Waals surface area contributed by atoms with Gasteiger partial charge in [0.1, 0.15) is 12.1 Å². The van der Waals surface area contributed by atoms with Gasteiger partial charge in [0.05, 0.1) is 0 Å². The molecule has 1 aromatic heterocycles. The number of pyridine rings is 1. The van der Waals surface area contributed by atoms with Gasteiger partial charge in [-0.3, -0.25) is 24.4 Å². The van der Waals surface area contributed by atoms with E-state index in [0.717, 1.165) is 43.8 Å². The van der Waals surface area contributed by atoms with E-state index < -0.39 is 11.6 Å². The standard InChI is InChI=1S/C21H29N5O3/c1-16-4-2-3-7-21(16)19(28)26(20(29)23-21)15-18(27)25-12-10-24(11-13-25)14-17-5-8-22-9-6-17/h5-6,8-9,16H,2-4,7,10-15H2,1H3,(H,23,29)/t16-,21+/m0/s1. The number of nitrogens with one attached hydrogen (secondary N) is 1. The van der Waals surface area contributed by atoms with Gasteiger partial charge in [0.2, 0.25) is 5.91 Å². The molecule has 8 nitrogen and oxygen atoms in total. The summed E-state index contributed by atoms with van der Waals surface area (Å²) >= 11 is 0. The van der Waals surface area contributed by atoms with Gasteiger partial charge in [-0.25, -0.2) is 4.79 Å². The van der Waals surface area contributed by atoms with Crippen molar-refractivity contribution in [1.82, 2.24) is 25.0 Å². The Labute approximate surface area is 171 Å². The minimum absolute atomic E-state index is 0.101. The molecule has 0 aromatic carbocycles. The Morgan fingerprint density at radius 2 is 1.90 bits per heavy atom. The van der Waals surface area contributed by atoms with E-state index in [1.807, 2.05) is 19.1 Å². The van der Waals surface area contributed by atoms with Crippen molar-refractivity contribution in [2.75, 3.05) is 32.7 Å². The monoisotopic (exact) mass is 399 g/mol. The Balaban J connectivity index is 1.32. The number of aromatic nitrogens is 1. The largest absolute Gasteiger partial charge is 0.339 e. The third-order valence-corrected chi connectivity index (χ3v) is 6.68. The molecule has 0 radical (unpaired) electrons. The van der Waals surface area contributed by atoms with Crippen molar-refractivity contribution in [3.05, 3.63) is 30.1 Å². The number of carbonyl (C=O) groups is 3. The van der Waals surface area contributed by atoms with Crippen molar-refractivity contribution >= 4 is 17.8 Å².